The van der Waals surface area contributed by atoms with Gasteiger partial charge in [0, 0.05) is 19.3 Å². The van der Waals surface area contributed by atoms with Gasteiger partial charge in [-0.3, -0.25) is 9.59 Å². The third-order valence-corrected chi connectivity index (χ3v) is 6.60. The van der Waals surface area contributed by atoms with Crippen LogP contribution in [-0.2, 0) is 9.59 Å². The Morgan fingerprint density at radius 2 is 1.19 bits per heavy atom. The number of carboxylic acid groups (broad SMARTS) is 3. The van der Waals surface area contributed by atoms with Gasteiger partial charge in [0.25, 0.3) is 0 Å². The number of ether oxygens (including phenoxy) is 1. The van der Waals surface area contributed by atoms with Gasteiger partial charge in [-0.25, -0.2) is 14.4 Å². The van der Waals surface area contributed by atoms with Gasteiger partial charge in [0.15, 0.2) is 5.75 Å². The topological polar surface area (TPSA) is 167 Å². The molecule has 10 heteroatoms. The van der Waals surface area contributed by atoms with Crippen LogP contribution in [0.2, 0.25) is 0 Å². The Hall–Kier alpha value is -4.47. The molecule has 0 unspecified atom stereocenters. The number of unbranched alkanes of at least 4 members (excludes halogenated alkanes) is 8. The molecule has 2 aromatic rings. The second-order valence-corrected chi connectivity index (χ2v) is 10.1. The molecule has 0 aromatic heterocycles. The SMILES string of the molecule is C=CCCCCCCCCC(=O)CCCCCC(=O)Nc1cc(C(=O)O)ccc1Oc1cc(C(=O)O)cc(C(=O)O)c1. The fourth-order valence-corrected chi connectivity index (χ4v) is 4.32. The molecule has 0 aliphatic carbocycles. The van der Waals surface area contributed by atoms with Crippen LogP contribution in [0.15, 0.2) is 49.1 Å². The van der Waals surface area contributed by atoms with Gasteiger partial charge < -0.3 is 25.4 Å². The van der Waals surface area contributed by atoms with Crippen molar-refractivity contribution in [3.05, 3.63) is 65.7 Å². The average Bonchev–Trinajstić information content (AvgIpc) is 2.94. The summed E-state index contributed by atoms with van der Waals surface area (Å²) in [4.78, 5) is 59.1. The predicted octanol–water partition coefficient (Wildman–Crippen LogP) is 7.34. The molecule has 0 aliphatic rings. The minimum Gasteiger partial charge on any atom is -0.478 e. The lowest BCUT2D eigenvalue weighted by atomic mass is 10.0. The number of nitrogens with one attached hydrogen (secondary N) is 1. The lowest BCUT2D eigenvalue weighted by Gasteiger charge is -2.14. The van der Waals surface area contributed by atoms with E-state index in [4.69, 9.17) is 4.74 Å². The van der Waals surface area contributed by atoms with Gasteiger partial charge in [0.05, 0.1) is 22.4 Å². The van der Waals surface area contributed by atoms with Gasteiger partial charge in [0.1, 0.15) is 11.5 Å². The number of allylic oxidation sites excluding steroid dienone is 1. The molecular formula is C32H39NO9. The van der Waals surface area contributed by atoms with Gasteiger partial charge in [-0.2, -0.15) is 0 Å². The summed E-state index contributed by atoms with van der Waals surface area (Å²) in [6.07, 6.45) is 12.7. The van der Waals surface area contributed by atoms with Gasteiger partial charge in [-0.15, -0.1) is 6.58 Å². The second-order valence-electron chi connectivity index (χ2n) is 10.1. The zero-order valence-electron chi connectivity index (χ0n) is 23.7. The molecule has 0 aliphatic heterocycles. The van der Waals surface area contributed by atoms with E-state index in [1.54, 1.807) is 0 Å². The summed E-state index contributed by atoms with van der Waals surface area (Å²) >= 11 is 0. The minimum atomic E-state index is -1.36. The number of amides is 1. The molecule has 0 radical (unpaired) electrons. The molecule has 0 heterocycles. The number of ketones is 1. The number of hydrogen-bond donors (Lipinski definition) is 4. The lowest BCUT2D eigenvalue weighted by Crippen LogP contribution is -2.13. The lowest BCUT2D eigenvalue weighted by molar-refractivity contribution is -0.119. The summed E-state index contributed by atoms with van der Waals surface area (Å²) in [5.41, 5.74) is -0.709. The maximum absolute atomic E-state index is 12.6. The Labute approximate surface area is 245 Å². The molecule has 0 bridgehead atoms. The monoisotopic (exact) mass is 581 g/mol. The first-order chi connectivity index (χ1) is 20.1. The van der Waals surface area contributed by atoms with Crippen molar-refractivity contribution in [2.24, 2.45) is 0 Å². The first-order valence-electron chi connectivity index (χ1n) is 14.2. The fourth-order valence-electron chi connectivity index (χ4n) is 4.32. The molecule has 0 atom stereocenters. The van der Waals surface area contributed by atoms with Gasteiger partial charge in [0.2, 0.25) is 5.91 Å². The Bertz CT molecular complexity index is 1240. The largest absolute Gasteiger partial charge is 0.478 e. The third-order valence-electron chi connectivity index (χ3n) is 6.60. The first kappa shape index (κ1) is 33.7. The van der Waals surface area contributed by atoms with Gasteiger partial charge >= 0.3 is 17.9 Å². The predicted molar refractivity (Wildman–Crippen MR) is 158 cm³/mol. The number of aromatic carboxylic acids is 3. The average molecular weight is 582 g/mol. The van der Waals surface area contributed by atoms with Gasteiger partial charge in [-0.1, -0.05) is 38.2 Å². The molecule has 0 fully saturated rings. The number of Topliss-reactive ketones (excluding diaryl/α,β-unsaturated/α-hetero) is 1. The number of benzene rings is 2. The van der Waals surface area contributed by atoms with Crippen molar-refractivity contribution >= 4 is 35.3 Å². The molecular weight excluding hydrogens is 542 g/mol. The molecule has 2 rings (SSSR count). The van der Waals surface area contributed by atoms with E-state index in [0.29, 0.717) is 32.1 Å². The highest BCUT2D eigenvalue weighted by Gasteiger charge is 2.16. The molecule has 42 heavy (non-hydrogen) atoms. The van der Waals surface area contributed by atoms with Crippen LogP contribution in [0.25, 0.3) is 0 Å². The van der Waals surface area contributed by atoms with Gasteiger partial charge in [-0.05, 0) is 68.5 Å². The van der Waals surface area contributed by atoms with Crippen LogP contribution in [0.4, 0.5) is 5.69 Å². The maximum Gasteiger partial charge on any atom is 0.335 e. The summed E-state index contributed by atoms with van der Waals surface area (Å²) in [6, 6.07) is 6.97. The normalized spacial score (nSPS) is 10.6. The minimum absolute atomic E-state index is 0.00888. The van der Waals surface area contributed by atoms with Crippen LogP contribution in [0.5, 0.6) is 11.5 Å². The van der Waals surface area contributed by atoms with Crippen LogP contribution < -0.4 is 10.1 Å². The van der Waals surface area contributed by atoms with Crippen molar-refractivity contribution in [3.63, 3.8) is 0 Å². The molecule has 0 saturated carbocycles. The number of carbonyl (C=O) groups is 5. The van der Waals surface area contributed by atoms with Crippen LogP contribution in [0, 0.1) is 0 Å². The van der Waals surface area contributed by atoms with E-state index in [1.807, 2.05) is 6.08 Å². The molecule has 226 valence electrons. The Morgan fingerprint density at radius 1 is 0.667 bits per heavy atom. The molecule has 2 aromatic carbocycles. The standard InChI is InChI=1S/C32H39NO9/c1-2-3-4-5-6-7-8-10-13-25(34)14-11-9-12-15-29(35)33-27-21-22(30(36)37)16-17-28(27)42-26-19-23(31(38)39)18-24(20-26)32(40)41/h2,16-21H,1,3-15H2,(H,33,35)(H,36,37)(H,38,39)(H,40,41). The summed E-state index contributed by atoms with van der Waals surface area (Å²) in [5.74, 6) is -4.21. The first-order valence-corrected chi connectivity index (χ1v) is 14.2. The highest BCUT2D eigenvalue weighted by Crippen LogP contribution is 2.32. The van der Waals surface area contributed by atoms with E-state index in [1.165, 1.54) is 37.5 Å². The van der Waals surface area contributed by atoms with E-state index in [2.05, 4.69) is 11.9 Å². The molecule has 0 spiro atoms. The molecule has 0 saturated heterocycles. The second kappa shape index (κ2) is 18.1. The number of hydrogen-bond acceptors (Lipinski definition) is 6. The van der Waals surface area contributed by atoms with Crippen LogP contribution in [-0.4, -0.2) is 44.9 Å². The van der Waals surface area contributed by atoms with Crippen LogP contribution in [0.1, 0.15) is 115 Å². The van der Waals surface area contributed by atoms with Crippen molar-refractivity contribution in [2.75, 3.05) is 5.32 Å². The van der Waals surface area contributed by atoms with E-state index in [-0.39, 0.29) is 46.1 Å². The summed E-state index contributed by atoms with van der Waals surface area (Å²) in [7, 11) is 0. The summed E-state index contributed by atoms with van der Waals surface area (Å²) in [6.45, 7) is 3.72. The van der Waals surface area contributed by atoms with Crippen LogP contribution in [0.3, 0.4) is 0 Å². The van der Waals surface area contributed by atoms with Crippen molar-refractivity contribution in [1.29, 1.82) is 0 Å². The van der Waals surface area contributed by atoms with Crippen molar-refractivity contribution in [2.45, 2.75) is 83.5 Å². The summed E-state index contributed by atoms with van der Waals surface area (Å²) in [5, 5.41) is 30.6. The van der Waals surface area contributed by atoms with Crippen molar-refractivity contribution < 1.29 is 44.0 Å². The highest BCUT2D eigenvalue weighted by molar-refractivity contribution is 5.96. The molecule has 1 amide bonds. The number of rotatable bonds is 21. The fraction of sp³-hybridized carbons (Fsp3) is 0.406. The third kappa shape index (κ3) is 12.4. The quantitative estimate of drug-likeness (QED) is 0.0870. The summed E-state index contributed by atoms with van der Waals surface area (Å²) < 4.78 is 5.69. The van der Waals surface area contributed by atoms with E-state index < -0.39 is 23.8 Å². The van der Waals surface area contributed by atoms with E-state index >= 15 is 0 Å². The Morgan fingerprint density at radius 3 is 1.76 bits per heavy atom. The van der Waals surface area contributed by atoms with Crippen LogP contribution >= 0.6 is 0 Å². The zero-order valence-corrected chi connectivity index (χ0v) is 23.7. The highest BCUT2D eigenvalue weighted by atomic mass is 16.5. The number of carbonyl (C=O) groups excluding carboxylic acids is 2. The Balaban J connectivity index is 1.86. The van der Waals surface area contributed by atoms with Crippen molar-refractivity contribution in [3.8, 4) is 11.5 Å². The van der Waals surface area contributed by atoms with E-state index in [0.717, 1.165) is 43.9 Å². The Kier molecular flexibility index (Phi) is 14.5. The number of anilines is 1. The number of carboxylic acids is 3. The molecule has 4 N–H and O–H groups in total. The maximum atomic E-state index is 12.6. The molecule has 10 nitrogen and oxygen atoms in total. The van der Waals surface area contributed by atoms with Crippen molar-refractivity contribution in [1.82, 2.24) is 0 Å². The smallest absolute Gasteiger partial charge is 0.335 e. The van der Waals surface area contributed by atoms with E-state index in [9.17, 15) is 39.3 Å². The zero-order chi connectivity index (χ0) is 30.9.